The van der Waals surface area contributed by atoms with Crippen LogP contribution in [0.3, 0.4) is 0 Å². The van der Waals surface area contributed by atoms with Gasteiger partial charge in [0.1, 0.15) is 12.3 Å². The number of aliphatic carboxylic acids is 1. The monoisotopic (exact) mass is 458 g/mol. The van der Waals surface area contributed by atoms with Crippen LogP contribution in [0.4, 0.5) is 10.5 Å². The minimum Gasteiger partial charge on any atom is -0.482 e. The Morgan fingerprint density at radius 2 is 1.94 bits per heavy atom. The molecule has 0 spiro atoms. The first-order chi connectivity index (χ1) is 14.9. The van der Waals surface area contributed by atoms with Crippen LogP contribution in [-0.2, 0) is 14.4 Å². The lowest BCUT2D eigenvalue weighted by atomic mass is 10.2. The molecule has 0 aromatic heterocycles. The van der Waals surface area contributed by atoms with Gasteiger partial charge in [-0.05, 0) is 60.0 Å². The molecule has 2 aromatic carbocycles. The van der Waals surface area contributed by atoms with Gasteiger partial charge < -0.3 is 15.2 Å². The molecule has 0 aliphatic carbocycles. The first kappa shape index (κ1) is 22.4. The van der Waals surface area contributed by atoms with E-state index in [9.17, 15) is 19.2 Å². The fourth-order valence-corrected chi connectivity index (χ4v) is 3.94. The SMILES string of the molecule is CSc1cccc(NC(=O)CN2C(=O)S/C(=C/c3ccc(OCC(=O)O)cc3)C2=O)c1. The molecule has 1 aliphatic rings. The van der Waals surface area contributed by atoms with Gasteiger partial charge in [0.05, 0.1) is 4.91 Å². The summed E-state index contributed by atoms with van der Waals surface area (Å²) in [6.45, 7) is -0.838. The van der Waals surface area contributed by atoms with E-state index in [1.54, 1.807) is 36.4 Å². The molecule has 3 amide bonds. The van der Waals surface area contributed by atoms with Crippen LogP contribution in [0.2, 0.25) is 0 Å². The minimum absolute atomic E-state index is 0.196. The van der Waals surface area contributed by atoms with E-state index in [4.69, 9.17) is 9.84 Å². The van der Waals surface area contributed by atoms with Gasteiger partial charge in [-0.1, -0.05) is 18.2 Å². The van der Waals surface area contributed by atoms with Crippen LogP contribution in [0.1, 0.15) is 5.56 Å². The lowest BCUT2D eigenvalue weighted by Gasteiger charge is -2.12. The molecule has 0 radical (unpaired) electrons. The number of carbonyl (C=O) groups excluding carboxylic acids is 3. The molecule has 0 saturated carbocycles. The number of ether oxygens (including phenoxy) is 1. The Morgan fingerprint density at radius 3 is 2.61 bits per heavy atom. The van der Waals surface area contributed by atoms with Gasteiger partial charge in [-0.2, -0.15) is 0 Å². The van der Waals surface area contributed by atoms with Crippen molar-refractivity contribution in [3.8, 4) is 5.75 Å². The molecule has 1 fully saturated rings. The number of benzene rings is 2. The first-order valence-corrected chi connectivity index (χ1v) is 11.0. The predicted molar refractivity (Wildman–Crippen MR) is 119 cm³/mol. The quantitative estimate of drug-likeness (QED) is 0.456. The Hall–Kier alpha value is -3.24. The average Bonchev–Trinajstić information content (AvgIpc) is 3.00. The number of nitrogens with one attached hydrogen (secondary N) is 1. The maximum atomic E-state index is 12.6. The number of carboxylic acid groups (broad SMARTS) is 1. The topological polar surface area (TPSA) is 113 Å². The van der Waals surface area contributed by atoms with E-state index in [0.717, 1.165) is 21.6 Å². The molecule has 8 nitrogen and oxygen atoms in total. The molecule has 2 N–H and O–H groups in total. The Bertz CT molecular complexity index is 1050. The second-order valence-corrected chi connectivity index (χ2v) is 8.17. The van der Waals surface area contributed by atoms with Gasteiger partial charge in [-0.3, -0.25) is 19.3 Å². The van der Waals surface area contributed by atoms with Crippen LogP contribution >= 0.6 is 23.5 Å². The standard InChI is InChI=1S/C21H18N2O6S2/c1-30-16-4-2-3-14(10-16)22-18(24)11-23-20(27)17(31-21(23)28)9-13-5-7-15(8-6-13)29-12-19(25)26/h2-10H,11-12H2,1H3,(H,22,24)(H,25,26)/b17-9+. The summed E-state index contributed by atoms with van der Waals surface area (Å²) in [6, 6.07) is 13.7. The molecule has 0 unspecified atom stereocenters. The number of hydrogen-bond acceptors (Lipinski definition) is 7. The molecule has 31 heavy (non-hydrogen) atoms. The average molecular weight is 459 g/mol. The Morgan fingerprint density at radius 1 is 1.19 bits per heavy atom. The van der Waals surface area contributed by atoms with Crippen molar-refractivity contribution in [2.45, 2.75) is 4.90 Å². The number of imide groups is 1. The van der Waals surface area contributed by atoms with Crippen LogP contribution in [0.5, 0.6) is 5.75 Å². The number of thioether (sulfide) groups is 2. The highest BCUT2D eigenvalue weighted by molar-refractivity contribution is 8.18. The lowest BCUT2D eigenvalue weighted by Crippen LogP contribution is -2.36. The number of nitrogens with zero attached hydrogens (tertiary/aromatic N) is 1. The molecule has 160 valence electrons. The van der Waals surface area contributed by atoms with Crippen molar-refractivity contribution in [2.24, 2.45) is 0 Å². The molecular weight excluding hydrogens is 440 g/mol. The highest BCUT2D eigenvalue weighted by atomic mass is 32.2. The molecule has 1 heterocycles. The molecular formula is C21H18N2O6S2. The van der Waals surface area contributed by atoms with Crippen LogP contribution in [0.25, 0.3) is 6.08 Å². The number of hydrogen-bond donors (Lipinski definition) is 2. The molecule has 0 atom stereocenters. The maximum Gasteiger partial charge on any atom is 0.341 e. The summed E-state index contributed by atoms with van der Waals surface area (Å²) in [6.07, 6.45) is 3.45. The summed E-state index contributed by atoms with van der Waals surface area (Å²) in [4.78, 5) is 49.8. The molecule has 1 aliphatic heterocycles. The minimum atomic E-state index is -1.08. The molecule has 1 saturated heterocycles. The van der Waals surface area contributed by atoms with Crippen molar-refractivity contribution >= 4 is 58.3 Å². The highest BCUT2D eigenvalue weighted by Gasteiger charge is 2.36. The molecule has 3 rings (SSSR count). The van der Waals surface area contributed by atoms with Crippen LogP contribution in [-0.4, -0.2) is 52.4 Å². The highest BCUT2D eigenvalue weighted by Crippen LogP contribution is 2.32. The van der Waals surface area contributed by atoms with Crippen molar-refractivity contribution < 1.29 is 29.0 Å². The van der Waals surface area contributed by atoms with Crippen LogP contribution < -0.4 is 10.1 Å². The van der Waals surface area contributed by atoms with Gasteiger partial charge in [-0.25, -0.2) is 4.79 Å². The van der Waals surface area contributed by atoms with Gasteiger partial charge in [0.25, 0.3) is 11.1 Å². The smallest absolute Gasteiger partial charge is 0.341 e. The van der Waals surface area contributed by atoms with Crippen molar-refractivity contribution in [1.29, 1.82) is 0 Å². The number of carboxylic acids is 1. The van der Waals surface area contributed by atoms with Crippen LogP contribution in [0.15, 0.2) is 58.3 Å². The van der Waals surface area contributed by atoms with E-state index < -0.39 is 29.6 Å². The number of carbonyl (C=O) groups is 4. The predicted octanol–water partition coefficient (Wildman–Crippen LogP) is 3.55. The van der Waals surface area contributed by atoms with E-state index in [1.807, 2.05) is 18.4 Å². The second-order valence-electron chi connectivity index (χ2n) is 6.30. The lowest BCUT2D eigenvalue weighted by molar-refractivity contribution is -0.139. The third-order valence-electron chi connectivity index (χ3n) is 4.07. The normalized spacial score (nSPS) is 14.7. The van der Waals surface area contributed by atoms with Gasteiger partial charge >= 0.3 is 5.97 Å². The summed E-state index contributed by atoms with van der Waals surface area (Å²) in [5, 5.41) is 10.8. The van der Waals surface area contributed by atoms with Gasteiger partial charge in [0, 0.05) is 10.6 Å². The largest absolute Gasteiger partial charge is 0.482 e. The van der Waals surface area contributed by atoms with E-state index in [2.05, 4.69) is 5.32 Å². The van der Waals surface area contributed by atoms with Crippen LogP contribution in [0, 0.1) is 0 Å². The van der Waals surface area contributed by atoms with Gasteiger partial charge in [0.15, 0.2) is 6.61 Å². The summed E-state index contributed by atoms with van der Waals surface area (Å²) in [5.41, 5.74) is 1.22. The fourth-order valence-electron chi connectivity index (χ4n) is 2.64. The number of rotatable bonds is 8. The van der Waals surface area contributed by atoms with E-state index in [-0.39, 0.29) is 11.4 Å². The molecule has 10 heteroatoms. The molecule has 2 aromatic rings. The third-order valence-corrected chi connectivity index (χ3v) is 5.70. The summed E-state index contributed by atoms with van der Waals surface area (Å²) in [7, 11) is 0. The zero-order chi connectivity index (χ0) is 22.4. The zero-order valence-corrected chi connectivity index (χ0v) is 18.0. The van der Waals surface area contributed by atoms with Crippen molar-refractivity contribution in [3.05, 3.63) is 59.0 Å². The Kier molecular flexibility index (Phi) is 7.37. The first-order valence-electron chi connectivity index (χ1n) is 8.99. The second kappa shape index (κ2) is 10.2. The van der Waals surface area contributed by atoms with Crippen molar-refractivity contribution in [2.75, 3.05) is 24.7 Å². The van der Waals surface area contributed by atoms with Gasteiger partial charge in [-0.15, -0.1) is 11.8 Å². The van der Waals surface area contributed by atoms with Gasteiger partial charge in [0.2, 0.25) is 5.91 Å². The Balaban J connectivity index is 1.63. The maximum absolute atomic E-state index is 12.6. The molecule has 0 bridgehead atoms. The zero-order valence-electron chi connectivity index (χ0n) is 16.4. The van der Waals surface area contributed by atoms with Crippen molar-refractivity contribution in [1.82, 2.24) is 4.90 Å². The summed E-state index contributed by atoms with van der Waals surface area (Å²) in [5.74, 6) is -1.73. The summed E-state index contributed by atoms with van der Waals surface area (Å²) < 4.78 is 5.05. The summed E-state index contributed by atoms with van der Waals surface area (Å²) >= 11 is 2.29. The van der Waals surface area contributed by atoms with E-state index in [1.165, 1.54) is 17.8 Å². The van der Waals surface area contributed by atoms with E-state index in [0.29, 0.717) is 17.0 Å². The third kappa shape index (κ3) is 6.12. The van der Waals surface area contributed by atoms with Crippen molar-refractivity contribution in [3.63, 3.8) is 0 Å². The van der Waals surface area contributed by atoms with E-state index >= 15 is 0 Å². The Labute approximate surface area is 186 Å². The number of amides is 3. The number of anilines is 1. The fraction of sp³-hybridized carbons (Fsp3) is 0.143.